The molecule has 0 bridgehead atoms. The number of carbonyl (C=O) groups excluding carboxylic acids is 1. The molecule has 2 heterocycles. The number of hydrogen-bond donors (Lipinski definition) is 1. The first-order valence-corrected chi connectivity index (χ1v) is 9.12. The molecule has 1 amide bonds. The summed E-state index contributed by atoms with van der Waals surface area (Å²) in [4.78, 5) is 13.7. The first-order chi connectivity index (χ1) is 13.6. The molecule has 0 saturated heterocycles. The van der Waals surface area contributed by atoms with E-state index < -0.39 is 0 Å². The van der Waals surface area contributed by atoms with Crippen LogP contribution in [0.2, 0.25) is 0 Å². The lowest BCUT2D eigenvalue weighted by atomic mass is 10.1. The lowest BCUT2D eigenvalue weighted by Gasteiger charge is -2.21. The van der Waals surface area contributed by atoms with Crippen LogP contribution in [0.5, 0.6) is 11.5 Å². The van der Waals surface area contributed by atoms with E-state index in [0.717, 1.165) is 22.4 Å². The molecule has 28 heavy (non-hydrogen) atoms. The quantitative estimate of drug-likeness (QED) is 0.731. The van der Waals surface area contributed by atoms with Gasteiger partial charge < -0.3 is 14.8 Å². The second-order valence-corrected chi connectivity index (χ2v) is 6.70. The number of nitrogens with zero attached hydrogens (tertiary/aromatic N) is 4. The highest BCUT2D eigenvalue weighted by atomic mass is 16.6. The number of hydrogen-bond acceptors (Lipinski definition) is 6. The fourth-order valence-electron chi connectivity index (χ4n) is 2.96. The lowest BCUT2D eigenvalue weighted by Crippen LogP contribution is -2.31. The van der Waals surface area contributed by atoms with Gasteiger partial charge in [0.1, 0.15) is 19.8 Å². The lowest BCUT2D eigenvalue weighted by molar-refractivity contribution is -0.122. The van der Waals surface area contributed by atoms with Crippen LogP contribution in [0.25, 0.3) is 11.4 Å². The van der Waals surface area contributed by atoms with Gasteiger partial charge in [-0.2, -0.15) is 4.80 Å². The highest BCUT2D eigenvalue weighted by Gasteiger charge is 2.16. The zero-order valence-electron chi connectivity index (χ0n) is 15.8. The van der Waals surface area contributed by atoms with Crippen LogP contribution < -0.4 is 14.8 Å². The van der Waals surface area contributed by atoms with Crippen LogP contribution in [-0.4, -0.2) is 39.3 Å². The van der Waals surface area contributed by atoms with Gasteiger partial charge in [-0.15, -0.1) is 10.2 Å². The Morgan fingerprint density at radius 3 is 2.68 bits per heavy atom. The molecule has 1 aliphatic rings. The zero-order valence-corrected chi connectivity index (χ0v) is 15.8. The van der Waals surface area contributed by atoms with Gasteiger partial charge in [0.15, 0.2) is 11.5 Å². The number of benzene rings is 2. The summed E-state index contributed by atoms with van der Waals surface area (Å²) in [6, 6.07) is 13.3. The Morgan fingerprint density at radius 1 is 1.14 bits per heavy atom. The molecule has 144 valence electrons. The molecule has 0 fully saturated rings. The van der Waals surface area contributed by atoms with Gasteiger partial charge in [-0.25, -0.2) is 0 Å². The molecule has 8 nitrogen and oxygen atoms in total. The van der Waals surface area contributed by atoms with E-state index in [2.05, 4.69) is 20.7 Å². The first kappa shape index (κ1) is 18.0. The van der Waals surface area contributed by atoms with Crippen LogP contribution in [0.1, 0.15) is 24.1 Å². The summed E-state index contributed by atoms with van der Waals surface area (Å²) < 4.78 is 11.1. The number of rotatable bonds is 5. The molecule has 2 aromatic carbocycles. The number of tetrazole rings is 1. The van der Waals surface area contributed by atoms with Crippen LogP contribution in [0, 0.1) is 6.92 Å². The summed E-state index contributed by atoms with van der Waals surface area (Å²) in [7, 11) is 0. The van der Waals surface area contributed by atoms with E-state index in [-0.39, 0.29) is 18.5 Å². The Hall–Kier alpha value is -3.42. The topological polar surface area (TPSA) is 91.2 Å². The van der Waals surface area contributed by atoms with E-state index in [1.807, 2.05) is 56.3 Å². The average molecular weight is 379 g/mol. The summed E-state index contributed by atoms with van der Waals surface area (Å²) in [5.41, 5.74) is 2.95. The van der Waals surface area contributed by atoms with E-state index >= 15 is 0 Å². The molecule has 0 saturated carbocycles. The molecule has 0 unspecified atom stereocenters. The van der Waals surface area contributed by atoms with Gasteiger partial charge in [0.05, 0.1) is 6.04 Å². The molecule has 0 aliphatic carbocycles. The van der Waals surface area contributed by atoms with Gasteiger partial charge in [0, 0.05) is 5.56 Å². The Kier molecular flexibility index (Phi) is 4.92. The van der Waals surface area contributed by atoms with Crippen LogP contribution in [0.4, 0.5) is 0 Å². The van der Waals surface area contributed by atoms with Crippen LogP contribution in [-0.2, 0) is 11.3 Å². The standard InChI is InChI=1S/C20H21N5O3/c1-13-3-5-15(6-4-13)20-22-24-25(23-20)12-19(26)21-14(2)16-7-8-17-18(11-16)28-10-9-27-17/h3-8,11,14H,9-10,12H2,1-2H3,(H,21,26)/t14-/m0/s1. The number of nitrogens with one attached hydrogen (secondary N) is 1. The van der Waals surface area contributed by atoms with Gasteiger partial charge in [0.2, 0.25) is 11.7 Å². The van der Waals surface area contributed by atoms with Crippen molar-refractivity contribution >= 4 is 5.91 Å². The van der Waals surface area contributed by atoms with Crippen molar-refractivity contribution in [1.82, 2.24) is 25.5 Å². The summed E-state index contributed by atoms with van der Waals surface area (Å²) in [5, 5.41) is 15.2. The Labute approximate surface area is 162 Å². The third-order valence-electron chi connectivity index (χ3n) is 4.49. The van der Waals surface area contributed by atoms with Gasteiger partial charge in [-0.3, -0.25) is 4.79 Å². The van der Waals surface area contributed by atoms with E-state index in [0.29, 0.717) is 24.8 Å². The molecule has 1 atom stereocenters. The first-order valence-electron chi connectivity index (χ1n) is 9.12. The van der Waals surface area contributed by atoms with E-state index in [9.17, 15) is 4.79 Å². The fraction of sp³-hybridized carbons (Fsp3) is 0.300. The largest absolute Gasteiger partial charge is 0.486 e. The van der Waals surface area contributed by atoms with Crippen molar-refractivity contribution in [2.75, 3.05) is 13.2 Å². The van der Waals surface area contributed by atoms with Gasteiger partial charge >= 0.3 is 0 Å². The number of aromatic nitrogens is 4. The SMILES string of the molecule is Cc1ccc(-c2nnn(CC(=O)N[C@@H](C)c3ccc4c(c3)OCCO4)n2)cc1. The Bertz CT molecular complexity index is 984. The monoisotopic (exact) mass is 379 g/mol. The molecule has 8 heteroatoms. The second kappa shape index (κ2) is 7.67. The van der Waals surface area contributed by atoms with Crippen molar-refractivity contribution in [1.29, 1.82) is 0 Å². The number of amides is 1. The normalized spacial score (nSPS) is 13.8. The van der Waals surface area contributed by atoms with Crippen molar-refractivity contribution in [3.05, 3.63) is 53.6 Å². The highest BCUT2D eigenvalue weighted by molar-refractivity contribution is 5.76. The minimum Gasteiger partial charge on any atom is -0.486 e. The van der Waals surface area contributed by atoms with Gasteiger partial charge in [0.25, 0.3) is 0 Å². The third-order valence-corrected chi connectivity index (χ3v) is 4.49. The van der Waals surface area contributed by atoms with Gasteiger partial charge in [-0.05, 0) is 36.8 Å². The maximum absolute atomic E-state index is 12.4. The minimum atomic E-state index is -0.199. The van der Waals surface area contributed by atoms with Crippen molar-refractivity contribution in [2.24, 2.45) is 0 Å². The minimum absolute atomic E-state index is 0.00620. The van der Waals surface area contributed by atoms with E-state index in [1.54, 1.807) is 0 Å². The molecule has 3 aromatic rings. The summed E-state index contributed by atoms with van der Waals surface area (Å²) in [6.45, 7) is 5.00. The van der Waals surface area contributed by atoms with Crippen molar-refractivity contribution in [3.8, 4) is 22.9 Å². The number of fused-ring (bicyclic) bond motifs is 1. The van der Waals surface area contributed by atoms with Crippen LogP contribution >= 0.6 is 0 Å². The summed E-state index contributed by atoms with van der Waals surface area (Å²) in [6.07, 6.45) is 0. The average Bonchev–Trinajstić information content (AvgIpc) is 3.16. The number of ether oxygens (including phenoxy) is 2. The predicted octanol–water partition coefficient (Wildman–Crippen LogP) is 2.30. The Balaban J connectivity index is 1.38. The number of carbonyl (C=O) groups is 1. The number of aryl methyl sites for hydroxylation is 1. The molecule has 0 spiro atoms. The second-order valence-electron chi connectivity index (χ2n) is 6.70. The molecule has 1 aliphatic heterocycles. The molecular formula is C20H21N5O3. The van der Waals surface area contributed by atoms with Crippen molar-refractivity contribution in [2.45, 2.75) is 26.4 Å². The smallest absolute Gasteiger partial charge is 0.244 e. The third kappa shape index (κ3) is 3.95. The van der Waals surface area contributed by atoms with E-state index in [1.165, 1.54) is 4.80 Å². The fourth-order valence-corrected chi connectivity index (χ4v) is 2.96. The Morgan fingerprint density at radius 2 is 1.89 bits per heavy atom. The summed E-state index contributed by atoms with van der Waals surface area (Å²) >= 11 is 0. The predicted molar refractivity (Wildman–Crippen MR) is 102 cm³/mol. The molecule has 4 rings (SSSR count). The van der Waals surface area contributed by atoms with E-state index in [4.69, 9.17) is 9.47 Å². The molecule has 0 radical (unpaired) electrons. The van der Waals surface area contributed by atoms with Crippen molar-refractivity contribution < 1.29 is 14.3 Å². The zero-order chi connectivity index (χ0) is 19.5. The van der Waals surface area contributed by atoms with Crippen LogP contribution in [0.15, 0.2) is 42.5 Å². The van der Waals surface area contributed by atoms with Crippen LogP contribution in [0.3, 0.4) is 0 Å². The van der Waals surface area contributed by atoms with Crippen molar-refractivity contribution in [3.63, 3.8) is 0 Å². The maximum Gasteiger partial charge on any atom is 0.244 e. The highest BCUT2D eigenvalue weighted by Crippen LogP contribution is 2.32. The van der Waals surface area contributed by atoms with Gasteiger partial charge in [-0.1, -0.05) is 35.9 Å². The maximum atomic E-state index is 12.4. The summed E-state index contributed by atoms with van der Waals surface area (Å²) in [5.74, 6) is 1.72. The molecule has 1 N–H and O–H groups in total. The molecular weight excluding hydrogens is 358 g/mol. The molecule has 1 aromatic heterocycles.